The molecule has 3 aromatic carbocycles. The molecule has 1 aliphatic rings. The Morgan fingerprint density at radius 3 is 2.20 bits per heavy atom. The number of anilines is 1. The van der Waals surface area contributed by atoms with Crippen LogP contribution >= 0.6 is 0 Å². The fourth-order valence-corrected chi connectivity index (χ4v) is 4.78. The molecule has 1 aliphatic heterocycles. The molecule has 4 aromatic rings. The van der Waals surface area contributed by atoms with Crippen LogP contribution in [-0.4, -0.2) is 47.1 Å². The van der Waals surface area contributed by atoms with Crippen LogP contribution in [0.3, 0.4) is 0 Å². The summed E-state index contributed by atoms with van der Waals surface area (Å²) in [5.74, 6) is -0.427. The first-order valence-electron chi connectivity index (χ1n) is 11.9. The van der Waals surface area contributed by atoms with E-state index in [4.69, 9.17) is 4.74 Å². The zero-order valence-electron chi connectivity index (χ0n) is 19.9. The van der Waals surface area contributed by atoms with Gasteiger partial charge in [0.1, 0.15) is 17.9 Å². The van der Waals surface area contributed by atoms with Crippen molar-refractivity contribution >= 4 is 22.6 Å². The van der Waals surface area contributed by atoms with Gasteiger partial charge in [-0.15, -0.1) is 0 Å². The second-order valence-corrected chi connectivity index (χ2v) is 8.91. The Bertz CT molecular complexity index is 1320. The normalized spacial score (nSPS) is 14.3. The minimum atomic E-state index is -1.02. The van der Waals surface area contributed by atoms with Crippen LogP contribution in [0.5, 0.6) is 5.75 Å². The van der Waals surface area contributed by atoms with Crippen LogP contribution in [-0.2, 0) is 13.2 Å². The number of ether oxygens (including phenoxy) is 1. The Balaban J connectivity index is 1.44. The van der Waals surface area contributed by atoms with Gasteiger partial charge in [0.2, 0.25) is 0 Å². The van der Waals surface area contributed by atoms with E-state index in [-0.39, 0.29) is 5.69 Å². The van der Waals surface area contributed by atoms with Crippen molar-refractivity contribution in [3.8, 4) is 5.75 Å². The Morgan fingerprint density at radius 2 is 1.54 bits per heavy atom. The summed E-state index contributed by atoms with van der Waals surface area (Å²) in [5.41, 5.74) is 4.66. The van der Waals surface area contributed by atoms with Crippen LogP contribution in [0, 0.1) is 6.92 Å². The number of rotatable bonds is 7. The Morgan fingerprint density at radius 1 is 0.886 bits per heavy atom. The summed E-state index contributed by atoms with van der Waals surface area (Å²) in [6.45, 7) is 6.63. The fraction of sp³-hybridized carbons (Fsp3) is 0.241. The number of aromatic nitrogens is 1. The topological polar surface area (TPSA) is 65.9 Å². The molecular formula is C29H29N3O3. The molecule has 1 N–H and O–H groups in total. The molecule has 0 radical (unpaired) electrons. The maximum Gasteiger partial charge on any atom is 0.354 e. The molecule has 178 valence electrons. The third-order valence-corrected chi connectivity index (χ3v) is 6.57. The van der Waals surface area contributed by atoms with Gasteiger partial charge in [-0.25, -0.2) is 9.78 Å². The smallest absolute Gasteiger partial charge is 0.354 e. The lowest BCUT2D eigenvalue weighted by molar-refractivity contribution is 0.0690. The first kappa shape index (κ1) is 22.9. The van der Waals surface area contributed by atoms with Gasteiger partial charge in [0.25, 0.3) is 0 Å². The molecule has 0 atom stereocenters. The van der Waals surface area contributed by atoms with E-state index in [9.17, 15) is 9.90 Å². The number of hydrogen-bond donors (Lipinski definition) is 1. The second-order valence-electron chi connectivity index (χ2n) is 8.91. The van der Waals surface area contributed by atoms with Crippen molar-refractivity contribution in [2.45, 2.75) is 20.1 Å². The molecule has 0 unspecified atom stereocenters. The monoisotopic (exact) mass is 467 g/mol. The van der Waals surface area contributed by atoms with E-state index in [1.54, 1.807) is 0 Å². The highest BCUT2D eigenvalue weighted by Crippen LogP contribution is 2.36. The number of benzene rings is 3. The van der Waals surface area contributed by atoms with Crippen LogP contribution in [0.2, 0.25) is 0 Å². The van der Waals surface area contributed by atoms with E-state index in [0.717, 1.165) is 49.4 Å². The number of aromatic carboxylic acids is 1. The first-order valence-corrected chi connectivity index (χ1v) is 11.9. The van der Waals surface area contributed by atoms with Crippen LogP contribution < -0.4 is 9.64 Å². The predicted molar refractivity (Wildman–Crippen MR) is 138 cm³/mol. The molecule has 0 aliphatic carbocycles. The van der Waals surface area contributed by atoms with E-state index >= 15 is 0 Å². The molecule has 5 rings (SSSR count). The largest absolute Gasteiger partial charge is 0.487 e. The van der Waals surface area contributed by atoms with Gasteiger partial charge < -0.3 is 14.7 Å². The van der Waals surface area contributed by atoms with Gasteiger partial charge in [0, 0.05) is 43.7 Å². The highest BCUT2D eigenvalue weighted by Gasteiger charge is 2.25. The standard InChI is InChI=1S/C29H29N3O3/c1-21-26(29(33)34)30-27-24(13-8-14-25(27)35-20-23-11-6-3-7-12-23)28(21)32-17-15-31(16-18-32)19-22-9-4-2-5-10-22/h2-14H,15-20H2,1H3,(H,33,34). The van der Waals surface area contributed by atoms with E-state index in [2.05, 4.69) is 39.0 Å². The maximum absolute atomic E-state index is 12.1. The molecule has 6 nitrogen and oxygen atoms in total. The minimum absolute atomic E-state index is 0.0787. The maximum atomic E-state index is 12.1. The molecule has 0 saturated carbocycles. The molecule has 35 heavy (non-hydrogen) atoms. The van der Waals surface area contributed by atoms with E-state index < -0.39 is 5.97 Å². The molecule has 1 fully saturated rings. The average Bonchev–Trinajstić information content (AvgIpc) is 2.89. The average molecular weight is 468 g/mol. The van der Waals surface area contributed by atoms with Gasteiger partial charge in [-0.2, -0.15) is 0 Å². The molecule has 6 heteroatoms. The summed E-state index contributed by atoms with van der Waals surface area (Å²) in [7, 11) is 0. The zero-order chi connectivity index (χ0) is 24.2. The second kappa shape index (κ2) is 10.2. The Hall–Kier alpha value is -3.90. The number of fused-ring (bicyclic) bond motifs is 1. The van der Waals surface area contributed by atoms with Crippen molar-refractivity contribution in [1.82, 2.24) is 9.88 Å². The zero-order valence-corrected chi connectivity index (χ0v) is 19.9. The third kappa shape index (κ3) is 4.98. The predicted octanol–water partition coefficient (Wildman–Crippen LogP) is 5.14. The number of hydrogen-bond acceptors (Lipinski definition) is 5. The Labute approximate surface area is 205 Å². The summed E-state index contributed by atoms with van der Waals surface area (Å²) in [6.07, 6.45) is 0. The minimum Gasteiger partial charge on any atom is -0.487 e. The van der Waals surface area contributed by atoms with E-state index in [1.807, 2.05) is 61.5 Å². The SMILES string of the molecule is Cc1c(C(=O)O)nc2c(OCc3ccccc3)cccc2c1N1CCN(Cc2ccccc2)CC1. The number of carbonyl (C=O) groups is 1. The number of piperazine rings is 1. The van der Waals surface area contributed by atoms with Gasteiger partial charge in [-0.05, 0) is 24.1 Å². The lowest BCUT2D eigenvalue weighted by Gasteiger charge is -2.37. The quantitative estimate of drug-likeness (QED) is 0.406. The summed E-state index contributed by atoms with van der Waals surface area (Å²) in [6, 6.07) is 26.3. The molecule has 0 bridgehead atoms. The van der Waals surface area contributed by atoms with Gasteiger partial charge in [0.15, 0.2) is 5.69 Å². The number of para-hydroxylation sites is 1. The van der Waals surface area contributed by atoms with Crippen LogP contribution in [0.15, 0.2) is 78.9 Å². The van der Waals surface area contributed by atoms with E-state index in [0.29, 0.717) is 23.4 Å². The van der Waals surface area contributed by atoms with Gasteiger partial charge in [0.05, 0.1) is 5.69 Å². The number of pyridine rings is 1. The highest BCUT2D eigenvalue weighted by molar-refractivity contribution is 6.02. The van der Waals surface area contributed by atoms with Crippen LogP contribution in [0.1, 0.15) is 27.2 Å². The lowest BCUT2D eigenvalue weighted by Crippen LogP contribution is -2.46. The molecule has 2 heterocycles. The lowest BCUT2D eigenvalue weighted by atomic mass is 10.0. The first-order chi connectivity index (χ1) is 17.1. The van der Waals surface area contributed by atoms with Crippen molar-refractivity contribution < 1.29 is 14.6 Å². The van der Waals surface area contributed by atoms with Crippen molar-refractivity contribution in [3.63, 3.8) is 0 Å². The van der Waals surface area contributed by atoms with Crippen molar-refractivity contribution in [1.29, 1.82) is 0 Å². The van der Waals surface area contributed by atoms with Crippen molar-refractivity contribution in [3.05, 3.63) is 101 Å². The molecule has 1 aromatic heterocycles. The van der Waals surface area contributed by atoms with E-state index in [1.165, 1.54) is 5.56 Å². The van der Waals surface area contributed by atoms with Gasteiger partial charge >= 0.3 is 5.97 Å². The van der Waals surface area contributed by atoms with Crippen molar-refractivity contribution in [2.24, 2.45) is 0 Å². The Kier molecular flexibility index (Phi) is 6.64. The van der Waals surface area contributed by atoms with Crippen molar-refractivity contribution in [2.75, 3.05) is 31.1 Å². The summed E-state index contributed by atoms with van der Waals surface area (Å²) in [5, 5.41) is 10.8. The molecular weight excluding hydrogens is 438 g/mol. The van der Waals surface area contributed by atoms with Crippen LogP contribution in [0.25, 0.3) is 10.9 Å². The number of nitrogens with zero attached hydrogens (tertiary/aromatic N) is 3. The molecule has 1 saturated heterocycles. The third-order valence-electron chi connectivity index (χ3n) is 6.57. The summed E-state index contributed by atoms with van der Waals surface area (Å²) >= 11 is 0. The number of carboxylic acid groups (broad SMARTS) is 1. The number of carboxylic acids is 1. The molecule has 0 spiro atoms. The van der Waals surface area contributed by atoms with Gasteiger partial charge in [-0.3, -0.25) is 4.90 Å². The van der Waals surface area contributed by atoms with Crippen LogP contribution in [0.4, 0.5) is 5.69 Å². The highest BCUT2D eigenvalue weighted by atomic mass is 16.5. The fourth-order valence-electron chi connectivity index (χ4n) is 4.78. The summed E-state index contributed by atoms with van der Waals surface area (Å²) < 4.78 is 6.12. The van der Waals surface area contributed by atoms with Gasteiger partial charge in [-0.1, -0.05) is 72.8 Å². The summed E-state index contributed by atoms with van der Waals surface area (Å²) in [4.78, 5) is 21.4. The molecule has 0 amide bonds.